The van der Waals surface area contributed by atoms with Crippen LogP contribution in [0.5, 0.6) is 0 Å². The predicted molar refractivity (Wildman–Crippen MR) is 52.9 cm³/mol. The lowest BCUT2D eigenvalue weighted by Crippen LogP contribution is -1.87. The van der Waals surface area contributed by atoms with Crippen molar-refractivity contribution in [3.05, 3.63) is 25.3 Å². The van der Waals surface area contributed by atoms with E-state index in [2.05, 4.69) is 41.9 Å². The molecule has 1 rings (SSSR count). The number of nitrogens with zero attached hydrogens (tertiary/aromatic N) is 3. The van der Waals surface area contributed by atoms with E-state index in [1.54, 1.807) is 0 Å². The maximum Gasteiger partial charge on any atom is 0.195 e. The summed E-state index contributed by atoms with van der Waals surface area (Å²) in [5.74, 6) is -0.259. The minimum absolute atomic E-state index is 0.0385. The Hall–Kier alpha value is -0.780. The van der Waals surface area contributed by atoms with Crippen LogP contribution in [0.15, 0.2) is 18.7 Å². The van der Waals surface area contributed by atoms with Crippen LogP contribution in [0.25, 0.3) is 10.4 Å². The van der Waals surface area contributed by atoms with Gasteiger partial charge in [-0.3, -0.25) is 4.79 Å². The van der Waals surface area contributed by atoms with E-state index in [1.807, 2.05) is 0 Å². The molecule has 0 bridgehead atoms. The van der Waals surface area contributed by atoms with Crippen molar-refractivity contribution in [2.75, 3.05) is 0 Å². The molecule has 0 amide bonds. The summed E-state index contributed by atoms with van der Waals surface area (Å²) in [6.45, 7) is 1.33. The van der Waals surface area contributed by atoms with Crippen molar-refractivity contribution < 1.29 is 9.21 Å². The summed E-state index contributed by atoms with van der Waals surface area (Å²) in [6.07, 6.45) is 0. The van der Waals surface area contributed by atoms with Crippen molar-refractivity contribution in [1.82, 2.24) is 0 Å². The highest BCUT2D eigenvalue weighted by atomic mass is 79.9. The Morgan fingerprint density at radius 1 is 1.62 bits per heavy atom. The predicted octanol–water partition coefficient (Wildman–Crippen LogP) is 3.95. The molecule has 7 heteroatoms. The summed E-state index contributed by atoms with van der Waals surface area (Å²) in [5.41, 5.74) is 8.40. The van der Waals surface area contributed by atoms with Crippen molar-refractivity contribution >= 4 is 43.3 Å². The van der Waals surface area contributed by atoms with Crippen LogP contribution in [-0.2, 0) is 0 Å². The molecule has 0 aliphatic rings. The van der Waals surface area contributed by atoms with Gasteiger partial charge in [-0.1, -0.05) is 5.11 Å². The molecule has 0 spiro atoms. The van der Waals surface area contributed by atoms with Crippen molar-refractivity contribution in [1.29, 1.82) is 0 Å². The molecule has 0 fully saturated rings. The van der Waals surface area contributed by atoms with Crippen molar-refractivity contribution in [2.45, 2.75) is 6.92 Å². The van der Waals surface area contributed by atoms with E-state index in [9.17, 15) is 4.79 Å². The van der Waals surface area contributed by atoms with Crippen LogP contribution in [0, 0.1) is 0 Å². The third-order valence-corrected chi connectivity index (χ3v) is 3.08. The molecule has 0 saturated heterocycles. The number of ketones is 1. The van der Waals surface area contributed by atoms with E-state index in [4.69, 9.17) is 9.95 Å². The minimum atomic E-state index is -0.297. The summed E-state index contributed by atoms with van der Waals surface area (Å²) in [4.78, 5) is 13.6. The number of hydrogen-bond acceptors (Lipinski definition) is 3. The van der Waals surface area contributed by atoms with Gasteiger partial charge in [-0.2, -0.15) is 0 Å². The van der Waals surface area contributed by atoms with Crippen molar-refractivity contribution in [2.24, 2.45) is 5.11 Å². The average molecular weight is 309 g/mol. The number of rotatable bonds is 2. The molecule has 0 atom stereocenters. The molecule has 1 heterocycles. The number of carbonyl (C=O) groups excluding carboxylic acids is 1. The zero-order chi connectivity index (χ0) is 10.0. The SMILES string of the molecule is CC(=O)c1oc(Br)c(Br)c1N=[N+]=[N-]. The summed E-state index contributed by atoms with van der Waals surface area (Å²) in [6, 6.07) is 0. The van der Waals surface area contributed by atoms with Crippen LogP contribution < -0.4 is 0 Å². The quantitative estimate of drug-likeness (QED) is 0.359. The average Bonchev–Trinajstić information content (AvgIpc) is 2.33. The first kappa shape index (κ1) is 10.3. The van der Waals surface area contributed by atoms with E-state index in [0.717, 1.165) is 0 Å². The van der Waals surface area contributed by atoms with E-state index >= 15 is 0 Å². The van der Waals surface area contributed by atoms with Gasteiger partial charge in [0.2, 0.25) is 0 Å². The van der Waals surface area contributed by atoms with Crippen molar-refractivity contribution in [3.8, 4) is 0 Å². The number of azide groups is 1. The minimum Gasteiger partial charge on any atom is -0.445 e. The highest BCUT2D eigenvalue weighted by molar-refractivity contribution is 9.13. The van der Waals surface area contributed by atoms with Crippen LogP contribution in [0.4, 0.5) is 5.69 Å². The molecular weight excluding hydrogens is 306 g/mol. The Labute approximate surface area is 90.0 Å². The first-order valence-electron chi connectivity index (χ1n) is 3.11. The van der Waals surface area contributed by atoms with Gasteiger partial charge in [0, 0.05) is 11.8 Å². The summed E-state index contributed by atoms with van der Waals surface area (Å²) >= 11 is 6.17. The third-order valence-electron chi connectivity index (χ3n) is 1.25. The van der Waals surface area contributed by atoms with Gasteiger partial charge in [0.15, 0.2) is 16.2 Å². The van der Waals surface area contributed by atoms with Gasteiger partial charge in [-0.05, 0) is 37.4 Å². The number of Topliss-reactive ketones (excluding diaryl/α,β-unsaturated/α-hetero) is 1. The second-order valence-electron chi connectivity index (χ2n) is 2.11. The van der Waals surface area contributed by atoms with Gasteiger partial charge in [0.1, 0.15) is 5.69 Å². The zero-order valence-electron chi connectivity index (χ0n) is 6.41. The van der Waals surface area contributed by atoms with Gasteiger partial charge >= 0.3 is 0 Å². The summed E-state index contributed by atoms with van der Waals surface area (Å²) in [5, 5.41) is 3.34. The fraction of sp³-hybridized carbons (Fsp3) is 0.167. The van der Waals surface area contributed by atoms with E-state index in [-0.39, 0.29) is 17.2 Å². The third kappa shape index (κ3) is 1.93. The molecule has 1 aromatic heterocycles. The maximum atomic E-state index is 11.0. The molecule has 13 heavy (non-hydrogen) atoms. The van der Waals surface area contributed by atoms with E-state index in [1.165, 1.54) is 6.92 Å². The topological polar surface area (TPSA) is 79.0 Å². The molecule has 0 unspecified atom stereocenters. The highest BCUT2D eigenvalue weighted by Gasteiger charge is 2.18. The Morgan fingerprint density at radius 3 is 2.69 bits per heavy atom. The van der Waals surface area contributed by atoms with Crippen LogP contribution in [0.1, 0.15) is 17.5 Å². The number of furan rings is 1. The first-order valence-corrected chi connectivity index (χ1v) is 4.70. The molecule has 0 saturated carbocycles. The van der Waals surface area contributed by atoms with E-state index < -0.39 is 0 Å². The molecule has 68 valence electrons. The molecule has 0 aliphatic carbocycles. The monoisotopic (exact) mass is 307 g/mol. The number of carbonyl (C=O) groups is 1. The normalized spacial score (nSPS) is 9.46. The van der Waals surface area contributed by atoms with Gasteiger partial charge in [0.05, 0.1) is 4.47 Å². The van der Waals surface area contributed by atoms with E-state index in [0.29, 0.717) is 9.14 Å². The molecule has 5 nitrogen and oxygen atoms in total. The molecule has 0 radical (unpaired) electrons. The Kier molecular flexibility index (Phi) is 3.13. The lowest BCUT2D eigenvalue weighted by atomic mass is 10.3. The summed E-state index contributed by atoms with van der Waals surface area (Å²) < 4.78 is 5.79. The molecule has 0 aromatic carbocycles. The molecule has 0 aliphatic heterocycles. The van der Waals surface area contributed by atoms with Crippen LogP contribution >= 0.6 is 31.9 Å². The lowest BCUT2D eigenvalue weighted by Gasteiger charge is -1.88. The van der Waals surface area contributed by atoms with Gasteiger partial charge in [0.25, 0.3) is 0 Å². The van der Waals surface area contributed by atoms with Gasteiger partial charge < -0.3 is 4.42 Å². The maximum absolute atomic E-state index is 11.0. The zero-order valence-corrected chi connectivity index (χ0v) is 9.59. The van der Waals surface area contributed by atoms with Crippen molar-refractivity contribution in [3.63, 3.8) is 0 Å². The summed E-state index contributed by atoms with van der Waals surface area (Å²) in [7, 11) is 0. The fourth-order valence-corrected chi connectivity index (χ4v) is 1.44. The smallest absolute Gasteiger partial charge is 0.195 e. The standard InChI is InChI=1S/C6H3Br2N3O2/c1-2(12)5-4(10-11-9)3(7)6(8)13-5/h1H3. The number of halogens is 2. The number of hydrogen-bond donors (Lipinski definition) is 0. The van der Waals surface area contributed by atoms with Gasteiger partial charge in [-0.25, -0.2) is 0 Å². The lowest BCUT2D eigenvalue weighted by molar-refractivity contribution is 0.0987. The molecular formula is C6H3Br2N3O2. The van der Waals surface area contributed by atoms with Crippen LogP contribution in [-0.4, -0.2) is 5.78 Å². The van der Waals surface area contributed by atoms with Crippen LogP contribution in [0.2, 0.25) is 0 Å². The second kappa shape index (κ2) is 3.95. The largest absolute Gasteiger partial charge is 0.445 e. The molecule has 1 aromatic rings. The highest BCUT2D eigenvalue weighted by Crippen LogP contribution is 2.39. The Morgan fingerprint density at radius 2 is 2.23 bits per heavy atom. The van der Waals surface area contributed by atoms with Crippen LogP contribution in [0.3, 0.4) is 0 Å². The Balaban J connectivity index is 3.43. The Bertz CT molecular complexity index is 406. The second-order valence-corrected chi connectivity index (χ2v) is 3.63. The van der Waals surface area contributed by atoms with Gasteiger partial charge in [-0.15, -0.1) is 0 Å². The fourth-order valence-electron chi connectivity index (χ4n) is 0.748. The molecule has 0 N–H and O–H groups in total. The first-order chi connectivity index (χ1) is 6.07.